The summed E-state index contributed by atoms with van der Waals surface area (Å²) >= 11 is 0. The molecule has 0 aliphatic heterocycles. The maximum Gasteiger partial charge on any atom is 0.293 e. The number of rotatable bonds is 7. The Labute approximate surface area is 124 Å². The van der Waals surface area contributed by atoms with Crippen LogP contribution in [0.25, 0.3) is 0 Å². The molecule has 0 aromatic heterocycles. The minimum atomic E-state index is -3.69. The topological polar surface area (TPSA) is 119 Å². The molecule has 0 amide bonds. The number of nitro benzene ring substituents is 1. The Morgan fingerprint density at radius 1 is 1.43 bits per heavy atom. The summed E-state index contributed by atoms with van der Waals surface area (Å²) in [7, 11) is -2.21. The van der Waals surface area contributed by atoms with Crippen LogP contribution in [0.5, 0.6) is 0 Å². The lowest BCUT2D eigenvalue weighted by Crippen LogP contribution is -2.28. The predicted octanol–water partition coefficient (Wildman–Crippen LogP) is 1.55. The Bertz CT molecular complexity index is 616. The Morgan fingerprint density at radius 2 is 2.05 bits per heavy atom. The van der Waals surface area contributed by atoms with E-state index in [1.807, 2.05) is 13.8 Å². The lowest BCUT2D eigenvalue weighted by Gasteiger charge is -2.18. The number of nitrogens with two attached hydrogens (primary N) is 1. The third-order valence-corrected chi connectivity index (χ3v) is 4.90. The molecule has 0 saturated carbocycles. The number of hydrogen-bond acceptors (Lipinski definition) is 6. The number of nitrogens with zero attached hydrogens (tertiary/aromatic N) is 2. The molecule has 3 N–H and O–H groups in total. The number of nitrogens with one attached hydrogen (secondary N) is 1. The van der Waals surface area contributed by atoms with Gasteiger partial charge in [-0.1, -0.05) is 13.8 Å². The van der Waals surface area contributed by atoms with Gasteiger partial charge in [-0.15, -0.1) is 0 Å². The lowest BCUT2D eigenvalue weighted by atomic mass is 10.1. The fourth-order valence-electron chi connectivity index (χ4n) is 1.69. The summed E-state index contributed by atoms with van der Waals surface area (Å²) in [4.78, 5) is 10.1. The second-order valence-corrected chi connectivity index (χ2v) is 7.13. The van der Waals surface area contributed by atoms with Crippen molar-refractivity contribution in [3.8, 4) is 0 Å². The van der Waals surface area contributed by atoms with E-state index in [-0.39, 0.29) is 16.3 Å². The van der Waals surface area contributed by atoms with Crippen LogP contribution in [0.1, 0.15) is 20.3 Å². The smallest absolute Gasteiger partial charge is 0.293 e. The molecule has 1 rings (SSSR count). The largest absolute Gasteiger partial charge is 0.318 e. The normalized spacial score (nSPS) is 11.9. The third-order valence-electron chi connectivity index (χ3n) is 3.05. The first kappa shape index (κ1) is 17.3. The number of nitro groups is 1. The minimum Gasteiger partial charge on any atom is -0.318 e. The van der Waals surface area contributed by atoms with Gasteiger partial charge in [0.05, 0.1) is 9.82 Å². The monoisotopic (exact) mass is 316 g/mol. The molecule has 0 fully saturated rings. The summed E-state index contributed by atoms with van der Waals surface area (Å²) in [5, 5.41) is 10.8. The summed E-state index contributed by atoms with van der Waals surface area (Å²) in [6.45, 7) is 4.38. The van der Waals surface area contributed by atoms with Crippen molar-refractivity contribution in [2.75, 3.05) is 19.0 Å². The van der Waals surface area contributed by atoms with Gasteiger partial charge < -0.3 is 5.43 Å². The average molecular weight is 316 g/mol. The number of nitrogen functional groups attached to an aromatic ring is 1. The van der Waals surface area contributed by atoms with Crippen LogP contribution in [0.15, 0.2) is 23.1 Å². The van der Waals surface area contributed by atoms with Crippen LogP contribution in [0.4, 0.5) is 11.4 Å². The summed E-state index contributed by atoms with van der Waals surface area (Å²) in [6, 6.07) is 3.50. The first-order valence-electron chi connectivity index (χ1n) is 6.41. The molecule has 1 aromatic rings. The van der Waals surface area contributed by atoms with Crippen molar-refractivity contribution in [2.24, 2.45) is 11.8 Å². The highest BCUT2D eigenvalue weighted by Crippen LogP contribution is 2.27. The molecular formula is C12H20N4O4S. The van der Waals surface area contributed by atoms with Gasteiger partial charge in [0.25, 0.3) is 5.69 Å². The molecule has 0 aliphatic carbocycles. The van der Waals surface area contributed by atoms with Crippen LogP contribution in [0.2, 0.25) is 0 Å². The average Bonchev–Trinajstić information content (AvgIpc) is 2.43. The van der Waals surface area contributed by atoms with E-state index in [2.05, 4.69) is 5.43 Å². The Kier molecular flexibility index (Phi) is 5.64. The SMILES string of the molecule is CC(C)CCN(C)S(=O)(=O)c1ccc([N+](=O)[O-])c(NN)c1. The number of hydrogen-bond donors (Lipinski definition) is 2. The van der Waals surface area contributed by atoms with Gasteiger partial charge in [-0.25, -0.2) is 12.7 Å². The fraction of sp³-hybridized carbons (Fsp3) is 0.500. The number of benzene rings is 1. The summed E-state index contributed by atoms with van der Waals surface area (Å²) in [5.74, 6) is 5.59. The van der Waals surface area contributed by atoms with Crippen LogP contribution in [-0.2, 0) is 10.0 Å². The van der Waals surface area contributed by atoms with Gasteiger partial charge in [0.2, 0.25) is 10.0 Å². The quantitative estimate of drug-likeness (QED) is 0.447. The van der Waals surface area contributed by atoms with Crippen molar-refractivity contribution in [3.63, 3.8) is 0 Å². The van der Waals surface area contributed by atoms with E-state index in [9.17, 15) is 18.5 Å². The van der Waals surface area contributed by atoms with E-state index in [4.69, 9.17) is 5.84 Å². The first-order valence-corrected chi connectivity index (χ1v) is 7.85. The van der Waals surface area contributed by atoms with E-state index < -0.39 is 14.9 Å². The van der Waals surface area contributed by atoms with Crippen molar-refractivity contribution in [1.29, 1.82) is 0 Å². The zero-order valence-corrected chi connectivity index (χ0v) is 13.1. The molecule has 0 aliphatic rings. The highest BCUT2D eigenvalue weighted by atomic mass is 32.2. The molecule has 0 spiro atoms. The second-order valence-electron chi connectivity index (χ2n) is 5.09. The maximum atomic E-state index is 12.4. The van der Waals surface area contributed by atoms with E-state index in [0.717, 1.165) is 12.5 Å². The standard InChI is InChI=1S/C12H20N4O4S/c1-9(2)6-7-15(3)21(19,20)10-4-5-12(16(17)18)11(8-10)14-13/h4-5,8-9,14H,6-7,13H2,1-3H3. The van der Waals surface area contributed by atoms with Crippen molar-refractivity contribution in [3.05, 3.63) is 28.3 Å². The van der Waals surface area contributed by atoms with E-state index >= 15 is 0 Å². The molecule has 0 unspecified atom stereocenters. The van der Waals surface area contributed by atoms with Gasteiger partial charge in [-0.3, -0.25) is 16.0 Å². The highest BCUT2D eigenvalue weighted by molar-refractivity contribution is 7.89. The molecule has 1 aromatic carbocycles. The molecule has 0 bridgehead atoms. The molecule has 21 heavy (non-hydrogen) atoms. The summed E-state index contributed by atoms with van der Waals surface area (Å²) < 4.78 is 26.0. The summed E-state index contributed by atoms with van der Waals surface area (Å²) in [5.41, 5.74) is 1.83. The molecule has 0 saturated heterocycles. The van der Waals surface area contributed by atoms with Gasteiger partial charge in [-0.2, -0.15) is 0 Å². The zero-order chi connectivity index (χ0) is 16.2. The zero-order valence-electron chi connectivity index (χ0n) is 12.2. The van der Waals surface area contributed by atoms with Crippen molar-refractivity contribution in [2.45, 2.75) is 25.2 Å². The molecule has 0 radical (unpaired) electrons. The van der Waals surface area contributed by atoms with Crippen molar-refractivity contribution < 1.29 is 13.3 Å². The minimum absolute atomic E-state index is 0.0349. The van der Waals surface area contributed by atoms with Crippen molar-refractivity contribution in [1.82, 2.24) is 4.31 Å². The van der Waals surface area contributed by atoms with Crippen LogP contribution in [0.3, 0.4) is 0 Å². The van der Waals surface area contributed by atoms with Crippen LogP contribution >= 0.6 is 0 Å². The third kappa shape index (κ3) is 4.13. The first-order chi connectivity index (χ1) is 9.70. The van der Waals surface area contributed by atoms with Gasteiger partial charge in [-0.05, 0) is 24.5 Å². The highest BCUT2D eigenvalue weighted by Gasteiger charge is 2.24. The lowest BCUT2D eigenvalue weighted by molar-refractivity contribution is -0.384. The van der Waals surface area contributed by atoms with Gasteiger partial charge in [0.1, 0.15) is 5.69 Å². The number of hydrazine groups is 1. The molecular weight excluding hydrogens is 296 g/mol. The second kappa shape index (κ2) is 6.83. The maximum absolute atomic E-state index is 12.4. The number of anilines is 1. The van der Waals surface area contributed by atoms with E-state index in [1.165, 1.54) is 23.5 Å². The Hall–Kier alpha value is -1.71. The predicted molar refractivity (Wildman–Crippen MR) is 80.2 cm³/mol. The molecule has 9 heteroatoms. The summed E-state index contributed by atoms with van der Waals surface area (Å²) in [6.07, 6.45) is 0.727. The molecule has 0 atom stereocenters. The van der Waals surface area contributed by atoms with Gasteiger partial charge in [0.15, 0.2) is 0 Å². The molecule has 118 valence electrons. The fourth-order valence-corrected chi connectivity index (χ4v) is 2.90. The van der Waals surface area contributed by atoms with Crippen LogP contribution in [0, 0.1) is 16.0 Å². The van der Waals surface area contributed by atoms with Crippen LogP contribution in [-0.4, -0.2) is 31.2 Å². The van der Waals surface area contributed by atoms with Crippen molar-refractivity contribution >= 4 is 21.4 Å². The Balaban J connectivity index is 3.11. The number of sulfonamides is 1. The molecule has 8 nitrogen and oxygen atoms in total. The van der Waals surface area contributed by atoms with E-state index in [0.29, 0.717) is 12.5 Å². The molecule has 0 heterocycles. The Morgan fingerprint density at radius 3 is 2.52 bits per heavy atom. The van der Waals surface area contributed by atoms with Gasteiger partial charge in [0, 0.05) is 19.7 Å². The van der Waals surface area contributed by atoms with Crippen LogP contribution < -0.4 is 11.3 Å². The van der Waals surface area contributed by atoms with Gasteiger partial charge >= 0.3 is 0 Å². The van der Waals surface area contributed by atoms with E-state index in [1.54, 1.807) is 0 Å².